The van der Waals surface area contributed by atoms with Crippen LogP contribution in [0.25, 0.3) is 11.0 Å². The summed E-state index contributed by atoms with van der Waals surface area (Å²) in [7, 11) is -2.95. The third-order valence-corrected chi connectivity index (χ3v) is 9.29. The summed E-state index contributed by atoms with van der Waals surface area (Å²) >= 11 is 0. The minimum atomic E-state index is -4.50. The highest BCUT2D eigenvalue weighted by atomic mass is 32.2. The maximum Gasteiger partial charge on any atom is 0.293 e. The van der Waals surface area contributed by atoms with Crippen LogP contribution in [-0.2, 0) is 19.5 Å². The van der Waals surface area contributed by atoms with E-state index in [9.17, 15) is 23.3 Å². The average molecular weight is 637 g/mol. The number of carbonyl (C=O) groups excluding carboxylic acids is 1. The fourth-order valence-electron chi connectivity index (χ4n) is 5.47. The van der Waals surface area contributed by atoms with Gasteiger partial charge in [0.25, 0.3) is 21.6 Å². The molecule has 1 amide bonds. The molecule has 236 valence electrons. The number of hydrogen-bond acceptors (Lipinski definition) is 11. The summed E-state index contributed by atoms with van der Waals surface area (Å²) in [4.78, 5) is 33.9. The van der Waals surface area contributed by atoms with Crippen molar-refractivity contribution in [3.05, 3.63) is 76.5 Å². The van der Waals surface area contributed by atoms with E-state index in [-0.39, 0.29) is 30.3 Å². The van der Waals surface area contributed by atoms with E-state index in [2.05, 4.69) is 20.0 Å². The summed E-state index contributed by atoms with van der Waals surface area (Å²) < 4.78 is 45.8. The van der Waals surface area contributed by atoms with Gasteiger partial charge in [-0.1, -0.05) is 12.1 Å². The number of carbonyl (C=O) groups is 1. The lowest BCUT2D eigenvalue weighted by Crippen LogP contribution is -2.35. The Balaban J connectivity index is 1.28. The molecule has 45 heavy (non-hydrogen) atoms. The molecule has 0 bridgehead atoms. The molecule has 14 nitrogen and oxygen atoms in total. The average Bonchev–Trinajstić information content (AvgIpc) is 3.43. The Morgan fingerprint density at radius 2 is 1.96 bits per heavy atom. The zero-order valence-corrected chi connectivity index (χ0v) is 25.2. The van der Waals surface area contributed by atoms with Gasteiger partial charge in [0.15, 0.2) is 0 Å². The summed E-state index contributed by atoms with van der Waals surface area (Å²) in [5, 5.41) is 15.8. The van der Waals surface area contributed by atoms with Gasteiger partial charge in [-0.3, -0.25) is 14.9 Å². The summed E-state index contributed by atoms with van der Waals surface area (Å²) in [5.74, 6) is -0.302. The lowest BCUT2D eigenvalue weighted by Gasteiger charge is -2.27. The van der Waals surface area contributed by atoms with Crippen molar-refractivity contribution in [1.29, 1.82) is 0 Å². The van der Waals surface area contributed by atoms with Gasteiger partial charge < -0.3 is 29.4 Å². The third kappa shape index (κ3) is 6.41. The highest BCUT2D eigenvalue weighted by Gasteiger charge is 2.30. The van der Waals surface area contributed by atoms with E-state index in [1.165, 1.54) is 18.2 Å². The third-order valence-electron chi connectivity index (χ3n) is 7.96. The number of aromatic amines is 1. The van der Waals surface area contributed by atoms with Crippen LogP contribution in [0.4, 0.5) is 22.7 Å². The molecule has 1 fully saturated rings. The van der Waals surface area contributed by atoms with E-state index in [0.717, 1.165) is 24.3 Å². The zero-order chi connectivity index (χ0) is 31.6. The summed E-state index contributed by atoms with van der Waals surface area (Å²) in [6.07, 6.45) is 3.02. The first kappa shape index (κ1) is 30.3. The van der Waals surface area contributed by atoms with Gasteiger partial charge in [-0.2, -0.15) is 4.98 Å². The number of rotatable bonds is 9. The SMILES string of the molecule is COC1COc2nc3[nH]ccc3cc2N(c2ccccc2C(=O)NS(=O)(=O)c2ccc(NCC3CCOCC3)c([N+](=O)[O-])c2)C1. The number of hydrogen-bond donors (Lipinski definition) is 3. The number of nitrogens with one attached hydrogen (secondary N) is 3. The lowest BCUT2D eigenvalue weighted by molar-refractivity contribution is -0.384. The van der Waals surface area contributed by atoms with Crippen molar-refractivity contribution in [2.45, 2.75) is 23.8 Å². The van der Waals surface area contributed by atoms with Crippen LogP contribution in [0.2, 0.25) is 0 Å². The number of fused-ring (bicyclic) bond motifs is 2. The van der Waals surface area contributed by atoms with Gasteiger partial charge in [-0.15, -0.1) is 0 Å². The summed E-state index contributed by atoms with van der Waals surface area (Å²) in [6.45, 7) is 2.25. The van der Waals surface area contributed by atoms with Crippen molar-refractivity contribution in [3.63, 3.8) is 0 Å². The quantitative estimate of drug-likeness (QED) is 0.179. The van der Waals surface area contributed by atoms with Crippen molar-refractivity contribution in [1.82, 2.24) is 14.7 Å². The van der Waals surface area contributed by atoms with Crippen LogP contribution in [0.3, 0.4) is 0 Å². The number of nitro groups is 1. The molecule has 2 aliphatic rings. The molecule has 1 unspecified atom stereocenters. The Bertz CT molecular complexity index is 1840. The van der Waals surface area contributed by atoms with E-state index >= 15 is 0 Å². The van der Waals surface area contributed by atoms with E-state index in [1.54, 1.807) is 36.4 Å². The number of nitro benzene ring substituents is 1. The minimum Gasteiger partial charge on any atom is -0.473 e. The van der Waals surface area contributed by atoms with E-state index in [4.69, 9.17) is 14.2 Å². The Hall–Kier alpha value is -4.73. The molecule has 3 N–H and O–H groups in total. The van der Waals surface area contributed by atoms with Gasteiger partial charge in [-0.25, -0.2) is 13.1 Å². The molecule has 0 saturated carbocycles. The number of ether oxygens (including phenoxy) is 3. The van der Waals surface area contributed by atoms with E-state index in [1.807, 2.05) is 12.1 Å². The number of methoxy groups -OCH3 is 1. The van der Waals surface area contributed by atoms with Crippen molar-refractivity contribution in [3.8, 4) is 5.88 Å². The molecular formula is C30H32N6O8S. The minimum absolute atomic E-state index is 0.0576. The Morgan fingerprint density at radius 3 is 2.73 bits per heavy atom. The van der Waals surface area contributed by atoms with Gasteiger partial charge in [0.2, 0.25) is 5.88 Å². The Labute approximate surface area is 258 Å². The summed E-state index contributed by atoms with van der Waals surface area (Å²) in [5.41, 5.74) is 1.44. The molecule has 0 radical (unpaired) electrons. The zero-order valence-electron chi connectivity index (χ0n) is 24.4. The maximum atomic E-state index is 13.6. The van der Waals surface area contributed by atoms with Gasteiger partial charge in [-0.05, 0) is 55.2 Å². The van der Waals surface area contributed by atoms with Crippen molar-refractivity contribution in [2.24, 2.45) is 5.92 Å². The lowest BCUT2D eigenvalue weighted by atomic mass is 10.0. The first-order valence-corrected chi connectivity index (χ1v) is 15.9. The largest absolute Gasteiger partial charge is 0.473 e. The molecule has 6 rings (SSSR count). The fraction of sp³-hybridized carbons (Fsp3) is 0.333. The predicted octanol–water partition coefficient (Wildman–Crippen LogP) is 3.97. The number of anilines is 3. The first-order valence-electron chi connectivity index (χ1n) is 14.4. The normalized spacial score (nSPS) is 17.3. The van der Waals surface area contributed by atoms with Crippen molar-refractivity contribution < 1.29 is 32.3 Å². The van der Waals surface area contributed by atoms with Crippen LogP contribution in [0.5, 0.6) is 5.88 Å². The number of aromatic nitrogens is 2. The molecule has 0 aliphatic carbocycles. The standard InChI is InChI=1S/C30H32N6O8S/c1-42-21-17-35(27-14-20-8-11-31-28(20)33-30(27)44-18-21)25-5-3-2-4-23(25)29(37)34-45(40,41)22-6-7-24(26(15-22)36(38)39)32-16-19-9-12-43-13-10-19/h2-8,11,14-15,19,21,32H,9-10,12-13,16-18H2,1H3,(H,31,33)(H,34,37). The number of nitrogens with zero attached hydrogens (tertiary/aromatic N) is 3. The highest BCUT2D eigenvalue weighted by molar-refractivity contribution is 7.90. The van der Waals surface area contributed by atoms with E-state index < -0.39 is 37.5 Å². The summed E-state index contributed by atoms with van der Waals surface area (Å²) in [6, 6.07) is 13.8. The predicted molar refractivity (Wildman–Crippen MR) is 166 cm³/mol. The Kier molecular flexibility index (Phi) is 8.56. The number of para-hydroxylation sites is 1. The van der Waals surface area contributed by atoms with Crippen LogP contribution in [0.1, 0.15) is 23.2 Å². The number of H-pyrrole nitrogens is 1. The van der Waals surface area contributed by atoms with Crippen LogP contribution in [0.15, 0.2) is 65.7 Å². The molecule has 2 aromatic heterocycles. The molecule has 0 spiro atoms. The topological polar surface area (TPSA) is 178 Å². The Morgan fingerprint density at radius 1 is 1.16 bits per heavy atom. The van der Waals surface area contributed by atoms with Gasteiger partial charge in [0.05, 0.1) is 27.6 Å². The molecule has 1 saturated heterocycles. The van der Waals surface area contributed by atoms with Gasteiger partial charge in [0.1, 0.15) is 29.7 Å². The fourth-order valence-corrected chi connectivity index (χ4v) is 6.46. The number of benzene rings is 2. The number of sulfonamides is 1. The van der Waals surface area contributed by atoms with Crippen LogP contribution in [-0.4, -0.2) is 75.3 Å². The molecule has 2 aromatic carbocycles. The highest BCUT2D eigenvalue weighted by Crippen LogP contribution is 2.39. The number of amides is 1. The molecule has 1 atom stereocenters. The molecular weight excluding hydrogens is 604 g/mol. The smallest absolute Gasteiger partial charge is 0.293 e. The molecule has 2 aliphatic heterocycles. The second kappa shape index (κ2) is 12.7. The van der Waals surface area contributed by atoms with Crippen LogP contribution >= 0.6 is 0 Å². The number of pyridine rings is 1. The van der Waals surface area contributed by atoms with E-state index in [0.29, 0.717) is 42.7 Å². The van der Waals surface area contributed by atoms with Crippen LogP contribution in [0, 0.1) is 16.0 Å². The monoisotopic (exact) mass is 636 g/mol. The molecule has 4 aromatic rings. The first-order chi connectivity index (χ1) is 21.7. The maximum absolute atomic E-state index is 13.6. The second-order valence-electron chi connectivity index (χ2n) is 10.8. The van der Waals surface area contributed by atoms with Gasteiger partial charge in [0, 0.05) is 44.5 Å². The van der Waals surface area contributed by atoms with Crippen LogP contribution < -0.4 is 19.7 Å². The molecule has 4 heterocycles. The second-order valence-corrected chi connectivity index (χ2v) is 12.5. The van der Waals surface area contributed by atoms with Gasteiger partial charge >= 0.3 is 0 Å². The molecule has 15 heteroatoms. The van der Waals surface area contributed by atoms with Crippen molar-refractivity contribution in [2.75, 3.05) is 50.2 Å². The van der Waals surface area contributed by atoms with Crippen molar-refractivity contribution >= 4 is 49.7 Å².